The van der Waals surface area contributed by atoms with E-state index < -0.39 is 0 Å². The third kappa shape index (κ3) is 12.1. The van der Waals surface area contributed by atoms with Crippen molar-refractivity contribution in [1.82, 2.24) is 0 Å². The van der Waals surface area contributed by atoms with Crippen LogP contribution in [0.3, 0.4) is 0 Å². The highest BCUT2D eigenvalue weighted by Gasteiger charge is 2.19. The molecule has 0 aromatic heterocycles. The summed E-state index contributed by atoms with van der Waals surface area (Å²) in [4.78, 5) is 4.65. The Kier molecular flexibility index (Phi) is 18.2. The van der Waals surface area contributed by atoms with Crippen molar-refractivity contribution >= 4 is 91.7 Å². The Bertz CT molecular complexity index is 3020. The molecule has 0 aliphatic rings. The molecule has 0 bridgehead atoms. The smallest absolute Gasteiger partial charge is 0.0540 e. The number of fused-ring (bicyclic) bond motifs is 2. The van der Waals surface area contributed by atoms with Crippen LogP contribution < -0.4 is 15.5 Å². The predicted octanol–water partition coefficient (Wildman–Crippen LogP) is 19.9. The van der Waals surface area contributed by atoms with E-state index in [1.165, 1.54) is 10.8 Å². The molecule has 0 amide bonds. The van der Waals surface area contributed by atoms with E-state index in [2.05, 4.69) is 219 Å². The number of nitrogens with zero attached hydrogens (tertiary/aromatic N) is 2. The number of benzene rings is 9. The van der Waals surface area contributed by atoms with Gasteiger partial charge in [-0.3, -0.25) is 0 Å². The zero-order chi connectivity index (χ0) is 49.8. The van der Waals surface area contributed by atoms with E-state index in [0.29, 0.717) is 0 Å². The first-order chi connectivity index (χ1) is 34.2. The van der Waals surface area contributed by atoms with Gasteiger partial charge in [-0.2, -0.15) is 0 Å². The van der Waals surface area contributed by atoms with Gasteiger partial charge in [0.05, 0.1) is 11.4 Å². The fourth-order valence-corrected chi connectivity index (χ4v) is 7.97. The first-order valence-electron chi connectivity index (χ1n) is 23.4. The lowest BCUT2D eigenvalue weighted by Gasteiger charge is -2.28. The van der Waals surface area contributed by atoms with E-state index >= 15 is 0 Å². The lowest BCUT2D eigenvalue weighted by molar-refractivity contribution is 1.29. The second-order valence-corrected chi connectivity index (χ2v) is 16.1. The maximum absolute atomic E-state index is 5.45. The molecule has 0 aliphatic heterocycles. The van der Waals surface area contributed by atoms with Gasteiger partial charge in [0, 0.05) is 39.2 Å². The van der Waals surface area contributed by atoms with Crippen LogP contribution in [0.2, 0.25) is 0 Å². The third-order valence-electron chi connectivity index (χ3n) is 11.7. The number of rotatable bonds is 12. The molecule has 0 radical (unpaired) electrons. The van der Waals surface area contributed by atoms with Crippen molar-refractivity contribution in [2.45, 2.75) is 20.8 Å². The molecule has 0 fully saturated rings. The maximum atomic E-state index is 5.45. The molecule has 9 aromatic carbocycles. The van der Waals surface area contributed by atoms with Crippen molar-refractivity contribution in [2.24, 2.45) is 0 Å². The number of hydrogen-bond acceptors (Lipinski definition) is 3. The number of anilines is 7. The number of nitrogens with two attached hydrogens (primary N) is 1. The largest absolute Gasteiger partial charge is 0.399 e. The number of hydrogen-bond donors (Lipinski definition) is 1. The topological polar surface area (TPSA) is 32.5 Å². The second-order valence-electron chi connectivity index (χ2n) is 16.1. The standard InChI is InChI=1S/C52H40N2.C8H9N.C4H8.C3H6/c1-5-37-17-27-43(28-18-37)53(51-35-25-39(7-3)47-13-9-11-15-49(47)51)45-31-21-41(22-32-45)42-23-33-46(34-24-42)54(44-29-19-38(6-2)20-30-44)52-36-26-40(8-4)48-14-10-12-16-50(48)52;1-2-7-3-5-8(9)6-4-7;1-3-4-2;1-3-2/h5-36H,1-4H2;2-6H,1,9H2;3-4H,1-2H3;3H,1H2,2H3/b;;4-3-;. The molecule has 0 spiro atoms. The molecule has 0 saturated carbocycles. The van der Waals surface area contributed by atoms with Gasteiger partial charge in [0.25, 0.3) is 0 Å². The molecule has 0 atom stereocenters. The van der Waals surface area contributed by atoms with Gasteiger partial charge >= 0.3 is 0 Å². The molecule has 2 N–H and O–H groups in total. The minimum Gasteiger partial charge on any atom is -0.399 e. The minimum absolute atomic E-state index is 0.792. The van der Waals surface area contributed by atoms with Crippen LogP contribution in [-0.2, 0) is 0 Å². The summed E-state index contributed by atoms with van der Waals surface area (Å²) in [7, 11) is 0. The highest BCUT2D eigenvalue weighted by molar-refractivity contribution is 6.04. The molecule has 3 heteroatoms. The van der Waals surface area contributed by atoms with Crippen molar-refractivity contribution in [3.8, 4) is 11.1 Å². The van der Waals surface area contributed by atoms with Crippen LogP contribution in [0.4, 0.5) is 39.8 Å². The van der Waals surface area contributed by atoms with Crippen LogP contribution in [0.25, 0.3) is 63.1 Å². The van der Waals surface area contributed by atoms with Crippen LogP contribution in [-0.4, -0.2) is 0 Å². The Balaban J connectivity index is 0.000000432. The summed E-state index contributed by atoms with van der Waals surface area (Å²) in [5.41, 5.74) is 20.5. The summed E-state index contributed by atoms with van der Waals surface area (Å²) in [5, 5.41) is 4.67. The summed E-state index contributed by atoms with van der Waals surface area (Å²) in [5.74, 6) is 0. The summed E-state index contributed by atoms with van der Waals surface area (Å²) in [6, 6.07) is 68.1. The summed E-state index contributed by atoms with van der Waals surface area (Å²) < 4.78 is 0. The van der Waals surface area contributed by atoms with Gasteiger partial charge in [-0.1, -0.05) is 203 Å². The highest BCUT2D eigenvalue weighted by atomic mass is 15.1. The molecule has 346 valence electrons. The van der Waals surface area contributed by atoms with Crippen LogP contribution >= 0.6 is 0 Å². The highest BCUT2D eigenvalue weighted by Crippen LogP contribution is 2.43. The van der Waals surface area contributed by atoms with Crippen LogP contribution in [0.1, 0.15) is 48.6 Å². The monoisotopic (exact) mass is 910 g/mol. The summed E-state index contributed by atoms with van der Waals surface area (Å²) in [6.07, 6.45) is 15.1. The van der Waals surface area contributed by atoms with E-state index in [4.69, 9.17) is 5.73 Å². The van der Waals surface area contributed by atoms with Crippen molar-refractivity contribution in [2.75, 3.05) is 15.5 Å². The molecule has 9 rings (SSSR count). The van der Waals surface area contributed by atoms with Crippen molar-refractivity contribution in [3.05, 3.63) is 280 Å². The Morgan fingerprint density at radius 3 is 0.900 bits per heavy atom. The average Bonchev–Trinajstić information content (AvgIpc) is 3.42. The maximum Gasteiger partial charge on any atom is 0.0540 e. The van der Waals surface area contributed by atoms with E-state index in [-0.39, 0.29) is 0 Å². The molecule has 0 heterocycles. The van der Waals surface area contributed by atoms with Gasteiger partial charge in [-0.05, 0) is 143 Å². The van der Waals surface area contributed by atoms with Gasteiger partial charge in [0.1, 0.15) is 0 Å². The van der Waals surface area contributed by atoms with Gasteiger partial charge < -0.3 is 15.5 Å². The second kappa shape index (κ2) is 25.3. The fraction of sp³-hybridized carbons (Fsp3) is 0.0448. The molecular formula is C67H63N3. The first kappa shape index (κ1) is 50.5. The normalized spacial score (nSPS) is 10.3. The van der Waals surface area contributed by atoms with Crippen LogP contribution in [0.15, 0.2) is 252 Å². The van der Waals surface area contributed by atoms with Gasteiger partial charge in [0.2, 0.25) is 0 Å². The third-order valence-corrected chi connectivity index (χ3v) is 11.7. The Labute approximate surface area is 416 Å². The molecule has 0 unspecified atom stereocenters. The summed E-state index contributed by atoms with van der Waals surface area (Å²) in [6.45, 7) is 28.9. The Hall–Kier alpha value is -8.92. The van der Waals surface area contributed by atoms with E-state index in [9.17, 15) is 0 Å². The molecule has 0 aliphatic carbocycles. The molecular weight excluding hydrogens is 847 g/mol. The zero-order valence-electron chi connectivity index (χ0n) is 40.8. The SMILES string of the molecule is C/C=C\C.C=CC.C=Cc1ccc(N(c2ccc(-c3ccc(N(c4ccc(C=C)cc4)c4ccc(C=C)c5ccccc45)cc3)cc2)c2ccc(C=C)c3ccccc23)cc1.C=Cc1ccc(N)cc1. The lowest BCUT2D eigenvalue weighted by Crippen LogP contribution is -2.11. The van der Waals surface area contributed by atoms with Gasteiger partial charge in [-0.15, -0.1) is 6.58 Å². The quantitative estimate of drug-likeness (QED) is 0.0979. The fourth-order valence-electron chi connectivity index (χ4n) is 7.97. The average molecular weight is 910 g/mol. The van der Waals surface area contributed by atoms with Gasteiger partial charge in [-0.25, -0.2) is 0 Å². The van der Waals surface area contributed by atoms with Crippen molar-refractivity contribution in [3.63, 3.8) is 0 Å². The minimum atomic E-state index is 0.792. The van der Waals surface area contributed by atoms with Crippen molar-refractivity contribution < 1.29 is 0 Å². The lowest BCUT2D eigenvalue weighted by atomic mass is 10.00. The van der Waals surface area contributed by atoms with Crippen molar-refractivity contribution in [1.29, 1.82) is 0 Å². The molecule has 70 heavy (non-hydrogen) atoms. The van der Waals surface area contributed by atoms with Crippen LogP contribution in [0, 0.1) is 0 Å². The Morgan fingerprint density at radius 2 is 0.614 bits per heavy atom. The number of allylic oxidation sites excluding steroid dienone is 3. The molecule has 3 nitrogen and oxygen atoms in total. The van der Waals surface area contributed by atoms with E-state index in [1.807, 2.05) is 81.5 Å². The molecule has 9 aromatic rings. The summed E-state index contributed by atoms with van der Waals surface area (Å²) >= 11 is 0. The van der Waals surface area contributed by atoms with E-state index in [1.54, 1.807) is 12.2 Å². The first-order valence-corrected chi connectivity index (χ1v) is 23.4. The van der Waals surface area contributed by atoms with E-state index in [0.717, 1.165) is 89.5 Å². The van der Waals surface area contributed by atoms with Gasteiger partial charge in [0.15, 0.2) is 0 Å². The number of nitrogen functional groups attached to an aromatic ring is 1. The zero-order valence-corrected chi connectivity index (χ0v) is 40.8. The predicted molar refractivity (Wildman–Crippen MR) is 314 cm³/mol. The molecule has 0 saturated heterocycles. The van der Waals surface area contributed by atoms with Crippen LogP contribution in [0.5, 0.6) is 0 Å². The Morgan fingerprint density at radius 1 is 0.329 bits per heavy atom.